The molecule has 1 heterocycles. The number of morpholine rings is 1. The quantitative estimate of drug-likeness (QED) is 0.873. The molecule has 1 aliphatic heterocycles. The molecule has 0 unspecified atom stereocenters. The first-order valence-corrected chi connectivity index (χ1v) is 6.85. The molecule has 106 valence electrons. The van der Waals surface area contributed by atoms with Crippen LogP contribution in [0.5, 0.6) is 0 Å². The molecule has 2 aromatic rings. The van der Waals surface area contributed by atoms with Gasteiger partial charge in [-0.3, -0.25) is 0 Å². The number of benzene rings is 2. The van der Waals surface area contributed by atoms with Gasteiger partial charge in [-0.1, -0.05) is 30.3 Å². The summed E-state index contributed by atoms with van der Waals surface area (Å²) in [5.41, 5.74) is 1.04. The van der Waals surface area contributed by atoms with E-state index in [1.807, 2.05) is 30.3 Å². The van der Waals surface area contributed by atoms with Gasteiger partial charge in [0.1, 0.15) is 6.07 Å². The number of hydrogen-bond donors (Lipinski definition) is 1. The number of urea groups is 1. The number of nitriles is 1. The van der Waals surface area contributed by atoms with Gasteiger partial charge in [0, 0.05) is 18.5 Å². The fourth-order valence-electron chi connectivity index (χ4n) is 2.46. The van der Waals surface area contributed by atoms with Crippen molar-refractivity contribution in [3.8, 4) is 6.07 Å². The zero-order valence-electron chi connectivity index (χ0n) is 11.5. The van der Waals surface area contributed by atoms with Crippen molar-refractivity contribution in [2.45, 2.75) is 0 Å². The van der Waals surface area contributed by atoms with Crippen LogP contribution in [0, 0.1) is 11.3 Å². The fourth-order valence-corrected chi connectivity index (χ4v) is 2.46. The minimum atomic E-state index is -0.190. The van der Waals surface area contributed by atoms with Crippen molar-refractivity contribution in [2.24, 2.45) is 0 Å². The third-order valence-electron chi connectivity index (χ3n) is 3.58. The lowest BCUT2D eigenvalue weighted by Crippen LogP contribution is -2.43. The molecule has 1 aliphatic rings. The van der Waals surface area contributed by atoms with Crippen molar-refractivity contribution in [3.63, 3.8) is 0 Å². The van der Waals surface area contributed by atoms with Crippen molar-refractivity contribution >= 4 is 22.5 Å². The minimum absolute atomic E-state index is 0.190. The zero-order chi connectivity index (χ0) is 14.7. The molecule has 5 nitrogen and oxygen atoms in total. The number of ether oxygens (including phenoxy) is 1. The number of nitrogens with zero attached hydrogens (tertiary/aromatic N) is 2. The van der Waals surface area contributed by atoms with Crippen molar-refractivity contribution in [1.29, 1.82) is 5.26 Å². The average molecular weight is 281 g/mol. The van der Waals surface area contributed by atoms with Crippen LogP contribution in [0.1, 0.15) is 5.56 Å². The summed E-state index contributed by atoms with van der Waals surface area (Å²) in [6, 6.07) is 13.3. The molecule has 21 heavy (non-hydrogen) atoms. The molecule has 1 saturated heterocycles. The molecule has 2 amide bonds. The molecule has 0 saturated carbocycles. The van der Waals surface area contributed by atoms with E-state index in [-0.39, 0.29) is 6.03 Å². The maximum Gasteiger partial charge on any atom is 0.322 e. The zero-order valence-corrected chi connectivity index (χ0v) is 11.5. The minimum Gasteiger partial charge on any atom is -0.378 e. The van der Waals surface area contributed by atoms with E-state index >= 15 is 0 Å². The Morgan fingerprint density at radius 2 is 1.95 bits per heavy atom. The van der Waals surface area contributed by atoms with Crippen LogP contribution in [0.2, 0.25) is 0 Å². The second kappa shape index (κ2) is 5.81. The average Bonchev–Trinajstić information content (AvgIpc) is 2.55. The predicted molar refractivity (Wildman–Crippen MR) is 80.1 cm³/mol. The molecule has 1 fully saturated rings. The van der Waals surface area contributed by atoms with Crippen LogP contribution < -0.4 is 5.32 Å². The Morgan fingerprint density at radius 1 is 1.19 bits per heavy atom. The summed E-state index contributed by atoms with van der Waals surface area (Å²) in [7, 11) is 0. The van der Waals surface area contributed by atoms with Crippen LogP contribution in [-0.4, -0.2) is 37.2 Å². The van der Waals surface area contributed by atoms with E-state index in [2.05, 4.69) is 11.4 Å². The number of nitrogens with one attached hydrogen (secondary N) is 1. The summed E-state index contributed by atoms with van der Waals surface area (Å²) in [6.07, 6.45) is 0. The van der Waals surface area contributed by atoms with Gasteiger partial charge in [0.15, 0.2) is 0 Å². The van der Waals surface area contributed by atoms with E-state index in [1.165, 1.54) is 0 Å². The summed E-state index contributed by atoms with van der Waals surface area (Å²) in [4.78, 5) is 13.9. The summed E-state index contributed by atoms with van der Waals surface area (Å²) in [6.45, 7) is 2.25. The summed E-state index contributed by atoms with van der Waals surface area (Å²) in [5.74, 6) is 0. The summed E-state index contributed by atoms with van der Waals surface area (Å²) >= 11 is 0. The molecule has 0 radical (unpaired) electrons. The Labute approximate surface area is 122 Å². The second-order valence-electron chi connectivity index (χ2n) is 4.85. The van der Waals surface area contributed by atoms with Gasteiger partial charge in [-0.05, 0) is 11.5 Å². The molecule has 0 aliphatic carbocycles. The van der Waals surface area contributed by atoms with Gasteiger partial charge in [0.05, 0.1) is 24.5 Å². The van der Waals surface area contributed by atoms with Gasteiger partial charge in [-0.2, -0.15) is 5.26 Å². The van der Waals surface area contributed by atoms with E-state index in [0.29, 0.717) is 37.6 Å². The van der Waals surface area contributed by atoms with Crippen molar-refractivity contribution in [1.82, 2.24) is 4.90 Å². The van der Waals surface area contributed by atoms with Gasteiger partial charge < -0.3 is 15.0 Å². The highest BCUT2D eigenvalue weighted by Gasteiger charge is 2.18. The summed E-state index contributed by atoms with van der Waals surface area (Å²) in [5, 5.41) is 14.1. The first kappa shape index (κ1) is 13.4. The maximum atomic E-state index is 12.2. The van der Waals surface area contributed by atoms with E-state index < -0.39 is 0 Å². The van der Waals surface area contributed by atoms with Crippen LogP contribution >= 0.6 is 0 Å². The van der Waals surface area contributed by atoms with Crippen molar-refractivity contribution < 1.29 is 9.53 Å². The number of fused-ring (bicyclic) bond motifs is 1. The van der Waals surface area contributed by atoms with E-state index in [0.717, 1.165) is 10.8 Å². The van der Waals surface area contributed by atoms with Crippen LogP contribution in [-0.2, 0) is 4.74 Å². The third kappa shape index (κ3) is 2.67. The lowest BCUT2D eigenvalue weighted by molar-refractivity contribution is 0.0564. The van der Waals surface area contributed by atoms with Crippen LogP contribution in [0.3, 0.4) is 0 Å². The molecule has 0 bridgehead atoms. The van der Waals surface area contributed by atoms with Crippen LogP contribution in [0.25, 0.3) is 10.8 Å². The number of carbonyl (C=O) groups is 1. The molecular weight excluding hydrogens is 266 g/mol. The molecule has 3 rings (SSSR count). The highest BCUT2D eigenvalue weighted by Crippen LogP contribution is 2.25. The van der Waals surface area contributed by atoms with Crippen LogP contribution in [0.4, 0.5) is 10.5 Å². The highest BCUT2D eigenvalue weighted by molar-refractivity contribution is 5.98. The molecule has 0 aromatic heterocycles. The number of hydrogen-bond acceptors (Lipinski definition) is 3. The molecule has 0 spiro atoms. The highest BCUT2D eigenvalue weighted by atomic mass is 16.5. The monoisotopic (exact) mass is 281 g/mol. The third-order valence-corrected chi connectivity index (χ3v) is 3.58. The van der Waals surface area contributed by atoms with Crippen molar-refractivity contribution in [2.75, 3.05) is 31.6 Å². The largest absolute Gasteiger partial charge is 0.378 e. The number of amides is 2. The first-order chi connectivity index (χ1) is 10.3. The molecule has 0 atom stereocenters. The number of rotatable bonds is 1. The lowest BCUT2D eigenvalue weighted by Gasteiger charge is -2.27. The molecule has 1 N–H and O–H groups in total. The van der Waals surface area contributed by atoms with E-state index in [9.17, 15) is 10.1 Å². The molecular formula is C16H15N3O2. The Kier molecular flexibility index (Phi) is 3.71. The Balaban J connectivity index is 1.90. The Bertz CT molecular complexity index is 715. The summed E-state index contributed by atoms with van der Waals surface area (Å²) < 4.78 is 5.23. The fraction of sp³-hybridized carbons (Fsp3) is 0.250. The smallest absolute Gasteiger partial charge is 0.322 e. The maximum absolute atomic E-state index is 12.2. The SMILES string of the molecule is N#Cc1c(NC(=O)N2CCOCC2)ccc2ccccc12. The topological polar surface area (TPSA) is 65.4 Å². The van der Waals surface area contributed by atoms with Crippen molar-refractivity contribution in [3.05, 3.63) is 42.0 Å². The van der Waals surface area contributed by atoms with E-state index in [1.54, 1.807) is 11.0 Å². The standard InChI is InChI=1S/C16H15N3O2/c17-11-14-13-4-2-1-3-12(13)5-6-15(14)18-16(20)19-7-9-21-10-8-19/h1-6H,7-10H2,(H,18,20). The number of carbonyl (C=O) groups excluding carboxylic acids is 1. The second-order valence-corrected chi connectivity index (χ2v) is 4.85. The van der Waals surface area contributed by atoms with E-state index in [4.69, 9.17) is 4.74 Å². The number of anilines is 1. The lowest BCUT2D eigenvalue weighted by atomic mass is 10.0. The Morgan fingerprint density at radius 3 is 2.71 bits per heavy atom. The predicted octanol–water partition coefficient (Wildman–Crippen LogP) is 2.58. The molecule has 5 heteroatoms. The van der Waals surface area contributed by atoms with Crippen LogP contribution in [0.15, 0.2) is 36.4 Å². The first-order valence-electron chi connectivity index (χ1n) is 6.85. The molecule has 2 aromatic carbocycles. The van der Waals surface area contributed by atoms with Gasteiger partial charge >= 0.3 is 6.03 Å². The van der Waals surface area contributed by atoms with Gasteiger partial charge in [0.2, 0.25) is 0 Å². The normalized spacial score (nSPS) is 14.7. The van der Waals surface area contributed by atoms with Gasteiger partial charge in [-0.15, -0.1) is 0 Å². The van der Waals surface area contributed by atoms with Gasteiger partial charge in [-0.25, -0.2) is 4.79 Å². The van der Waals surface area contributed by atoms with Gasteiger partial charge in [0.25, 0.3) is 0 Å². The Hall–Kier alpha value is -2.58.